The number of nitrogens with one attached hydrogen (secondary N) is 2. The molecule has 0 aromatic carbocycles. The van der Waals surface area contributed by atoms with Gasteiger partial charge in [0.2, 0.25) is 11.9 Å². The van der Waals surface area contributed by atoms with Crippen LogP contribution in [0.4, 0.5) is 5.95 Å². The third-order valence-electron chi connectivity index (χ3n) is 3.00. The maximum absolute atomic E-state index is 11.7. The number of anilines is 1. The number of carbonyl (C=O) groups is 1. The van der Waals surface area contributed by atoms with Crippen LogP contribution in [0.1, 0.15) is 65.2 Å². The average molecular weight is 282 g/mol. The Morgan fingerprint density at radius 1 is 1.15 bits per heavy atom. The van der Waals surface area contributed by atoms with Crippen molar-refractivity contribution >= 4 is 11.9 Å². The van der Waals surface area contributed by atoms with Crippen molar-refractivity contribution in [2.24, 2.45) is 0 Å². The van der Waals surface area contributed by atoms with Gasteiger partial charge in [0.25, 0.3) is 0 Å². The third kappa shape index (κ3) is 7.11. The van der Waals surface area contributed by atoms with Gasteiger partial charge in [-0.25, -0.2) is 5.10 Å². The molecule has 1 rings (SSSR count). The van der Waals surface area contributed by atoms with E-state index >= 15 is 0 Å². The summed E-state index contributed by atoms with van der Waals surface area (Å²) in [6, 6.07) is 0.263. The number of aromatic nitrogens is 3. The number of nitrogens with zero attached hydrogens (tertiary/aromatic N) is 2. The van der Waals surface area contributed by atoms with E-state index in [1.54, 1.807) is 0 Å². The molecule has 0 aliphatic rings. The van der Waals surface area contributed by atoms with Crippen LogP contribution < -0.4 is 10.1 Å². The van der Waals surface area contributed by atoms with E-state index < -0.39 is 0 Å². The van der Waals surface area contributed by atoms with Crippen molar-refractivity contribution in [3.8, 4) is 6.01 Å². The van der Waals surface area contributed by atoms with Crippen molar-refractivity contribution in [2.75, 3.05) is 11.9 Å². The molecular weight excluding hydrogens is 256 g/mol. The van der Waals surface area contributed by atoms with Crippen molar-refractivity contribution < 1.29 is 9.53 Å². The lowest BCUT2D eigenvalue weighted by Crippen LogP contribution is -2.12. The summed E-state index contributed by atoms with van der Waals surface area (Å²) >= 11 is 0. The normalized spacial score (nSPS) is 10.5. The minimum atomic E-state index is -0.0299. The molecular formula is C14H26N4O2. The van der Waals surface area contributed by atoms with Crippen molar-refractivity contribution in [3.63, 3.8) is 0 Å². The Kier molecular flexibility index (Phi) is 8.42. The smallest absolute Gasteiger partial charge is 0.337 e. The Morgan fingerprint density at radius 3 is 2.55 bits per heavy atom. The first-order valence-corrected chi connectivity index (χ1v) is 7.61. The lowest BCUT2D eigenvalue weighted by Gasteiger charge is -2.02. The molecule has 2 N–H and O–H groups in total. The van der Waals surface area contributed by atoms with Crippen LogP contribution in [0.25, 0.3) is 0 Å². The highest BCUT2D eigenvalue weighted by atomic mass is 16.5. The lowest BCUT2D eigenvalue weighted by atomic mass is 10.1. The summed E-state index contributed by atoms with van der Waals surface area (Å²) in [5.41, 5.74) is 0. The Balaban J connectivity index is 2.07. The summed E-state index contributed by atoms with van der Waals surface area (Å²) in [7, 11) is 0. The highest BCUT2D eigenvalue weighted by Crippen LogP contribution is 2.10. The van der Waals surface area contributed by atoms with E-state index in [-0.39, 0.29) is 11.9 Å². The van der Waals surface area contributed by atoms with Crippen molar-refractivity contribution in [2.45, 2.75) is 65.2 Å². The maximum Gasteiger partial charge on any atom is 0.337 e. The molecule has 6 nitrogen and oxygen atoms in total. The van der Waals surface area contributed by atoms with Gasteiger partial charge in [0.1, 0.15) is 0 Å². The molecule has 0 radical (unpaired) electrons. The Hall–Kier alpha value is -1.59. The molecule has 0 fully saturated rings. The lowest BCUT2D eigenvalue weighted by molar-refractivity contribution is -0.116. The number of hydrogen-bond acceptors (Lipinski definition) is 4. The van der Waals surface area contributed by atoms with Crippen LogP contribution in [0.5, 0.6) is 6.01 Å². The highest BCUT2D eigenvalue weighted by Gasteiger charge is 2.07. The minimum Gasteiger partial charge on any atom is -0.463 e. The van der Waals surface area contributed by atoms with Gasteiger partial charge < -0.3 is 4.74 Å². The molecule has 0 saturated heterocycles. The number of carbonyl (C=O) groups excluding carboxylic acids is 1. The fraction of sp³-hybridized carbons (Fsp3) is 0.786. The summed E-state index contributed by atoms with van der Waals surface area (Å²) in [5.74, 6) is 0.319. The second kappa shape index (κ2) is 10.2. The van der Waals surface area contributed by atoms with E-state index in [1.807, 2.05) is 6.92 Å². The zero-order valence-electron chi connectivity index (χ0n) is 12.6. The van der Waals surface area contributed by atoms with Crippen LogP contribution in [0.15, 0.2) is 0 Å². The molecule has 1 amide bonds. The first-order valence-electron chi connectivity index (χ1n) is 7.61. The van der Waals surface area contributed by atoms with E-state index in [2.05, 4.69) is 27.4 Å². The molecule has 6 heteroatoms. The molecule has 0 aliphatic heterocycles. The summed E-state index contributed by atoms with van der Waals surface area (Å²) in [6.07, 6.45) is 8.93. The van der Waals surface area contributed by atoms with Gasteiger partial charge in [0.05, 0.1) is 6.61 Å². The fourth-order valence-corrected chi connectivity index (χ4v) is 1.93. The Bertz CT molecular complexity index is 379. The van der Waals surface area contributed by atoms with E-state index in [4.69, 9.17) is 4.74 Å². The van der Waals surface area contributed by atoms with Gasteiger partial charge in [-0.2, -0.15) is 4.98 Å². The van der Waals surface area contributed by atoms with Crippen LogP contribution in [0.3, 0.4) is 0 Å². The summed E-state index contributed by atoms with van der Waals surface area (Å²) in [4.78, 5) is 15.7. The molecule has 0 spiro atoms. The SMILES string of the molecule is CCCCCCCCCC(=O)Nc1nc(OCC)n[nH]1. The van der Waals surface area contributed by atoms with Crippen molar-refractivity contribution in [3.05, 3.63) is 0 Å². The Labute approximate surface area is 120 Å². The predicted octanol–water partition coefficient (Wildman–Crippen LogP) is 3.28. The molecule has 114 valence electrons. The summed E-state index contributed by atoms with van der Waals surface area (Å²) in [5, 5.41) is 9.14. The molecule has 0 aliphatic carbocycles. The molecule has 0 unspecified atom stereocenters. The topological polar surface area (TPSA) is 79.9 Å². The number of unbranched alkanes of at least 4 members (excludes halogenated alkanes) is 6. The standard InChI is InChI=1S/C14H26N4O2/c1-3-5-6-7-8-9-10-11-12(19)15-13-16-14(18-17-13)20-4-2/h3-11H2,1-2H3,(H2,15,16,17,18,19). The number of amides is 1. The largest absolute Gasteiger partial charge is 0.463 e. The fourth-order valence-electron chi connectivity index (χ4n) is 1.93. The van der Waals surface area contributed by atoms with Gasteiger partial charge in [-0.15, -0.1) is 5.10 Å². The third-order valence-corrected chi connectivity index (χ3v) is 3.00. The zero-order chi connectivity index (χ0) is 14.6. The zero-order valence-corrected chi connectivity index (χ0v) is 12.6. The number of ether oxygens (including phenoxy) is 1. The summed E-state index contributed by atoms with van der Waals surface area (Å²) in [6.45, 7) is 4.57. The van der Waals surface area contributed by atoms with Crippen LogP contribution in [0.2, 0.25) is 0 Å². The maximum atomic E-state index is 11.7. The first kappa shape index (κ1) is 16.5. The Morgan fingerprint density at radius 2 is 1.85 bits per heavy atom. The molecule has 0 saturated carbocycles. The number of rotatable bonds is 11. The molecule has 1 aromatic heterocycles. The van der Waals surface area contributed by atoms with Gasteiger partial charge in [-0.05, 0) is 13.3 Å². The molecule has 1 aromatic rings. The number of hydrogen-bond donors (Lipinski definition) is 2. The quantitative estimate of drug-likeness (QED) is 0.610. The van der Waals surface area contributed by atoms with Gasteiger partial charge in [-0.3, -0.25) is 10.1 Å². The van der Waals surface area contributed by atoms with Crippen molar-refractivity contribution in [1.29, 1.82) is 0 Å². The van der Waals surface area contributed by atoms with Gasteiger partial charge in [0, 0.05) is 6.42 Å². The summed E-state index contributed by atoms with van der Waals surface area (Å²) < 4.78 is 5.11. The van der Waals surface area contributed by atoms with Crippen LogP contribution in [-0.2, 0) is 4.79 Å². The van der Waals surface area contributed by atoms with E-state index in [1.165, 1.54) is 32.1 Å². The van der Waals surface area contributed by atoms with Crippen molar-refractivity contribution in [1.82, 2.24) is 15.2 Å². The molecule has 1 heterocycles. The van der Waals surface area contributed by atoms with Gasteiger partial charge in [-0.1, -0.05) is 45.4 Å². The number of aromatic amines is 1. The molecule has 20 heavy (non-hydrogen) atoms. The highest BCUT2D eigenvalue weighted by molar-refractivity contribution is 5.88. The second-order valence-electron chi connectivity index (χ2n) is 4.82. The minimum absolute atomic E-state index is 0.0299. The molecule has 0 bridgehead atoms. The monoisotopic (exact) mass is 282 g/mol. The second-order valence-corrected chi connectivity index (χ2v) is 4.82. The molecule has 0 atom stereocenters. The first-order chi connectivity index (χ1) is 9.76. The number of H-pyrrole nitrogens is 1. The van der Waals surface area contributed by atoms with Crippen LogP contribution in [0, 0.1) is 0 Å². The average Bonchev–Trinajstić information content (AvgIpc) is 2.85. The van der Waals surface area contributed by atoms with E-state index in [0.717, 1.165) is 12.8 Å². The van der Waals surface area contributed by atoms with Crippen LogP contribution in [-0.4, -0.2) is 27.7 Å². The predicted molar refractivity (Wildman–Crippen MR) is 78.8 cm³/mol. The van der Waals surface area contributed by atoms with Gasteiger partial charge >= 0.3 is 6.01 Å². The van der Waals surface area contributed by atoms with E-state index in [0.29, 0.717) is 19.0 Å². The van der Waals surface area contributed by atoms with Gasteiger partial charge in [0.15, 0.2) is 0 Å². The van der Waals surface area contributed by atoms with Crippen LogP contribution >= 0.6 is 0 Å². The van der Waals surface area contributed by atoms with E-state index in [9.17, 15) is 4.79 Å².